The van der Waals surface area contributed by atoms with Crippen LogP contribution < -0.4 is 20.1 Å². The molecule has 0 radical (unpaired) electrons. The predicted molar refractivity (Wildman–Crippen MR) is 183 cm³/mol. The molecule has 1 saturated heterocycles. The number of sulfonamides is 1. The molecule has 1 fully saturated rings. The number of thiophene rings is 1. The first-order chi connectivity index (χ1) is 24.1. The molecule has 280 valence electrons. The highest BCUT2D eigenvalue weighted by atomic mass is 32.2. The highest BCUT2D eigenvalue weighted by molar-refractivity contribution is 7.90. The molecule has 3 atom stereocenters. The number of alkyl halides is 4. The van der Waals surface area contributed by atoms with Crippen LogP contribution in [0.15, 0.2) is 35.2 Å². The number of methoxy groups -OCH3 is 2. The van der Waals surface area contributed by atoms with Gasteiger partial charge in [-0.25, -0.2) is 21.9 Å². The Labute approximate surface area is 296 Å². The number of aliphatic hydroxyl groups excluding tert-OH is 1. The smallest absolute Gasteiger partial charge is 0.393 e. The summed E-state index contributed by atoms with van der Waals surface area (Å²) in [4.78, 5) is 12.5. The topological polar surface area (TPSA) is 138 Å². The standard InChI is InChI=1S/C33H39F5N4O7S2/c1-20(43)41-51(45,46)31-15-29(49-13-12-47-2)28(14-24(31)34)39-10-5-8-30-23(16-33(36,37)38)22-6-4-7-27(32(22)50-30)40-26-9-11-42(18-25(26)35)17-21(44)19-48-3/h4,6-7,14-15,21,25-26,39-40,44H,9-13,16-19H2,1-3H3,(H,41,43). The van der Waals surface area contributed by atoms with Gasteiger partial charge in [0.25, 0.3) is 10.0 Å². The Balaban J connectivity index is 1.58. The highest BCUT2D eigenvalue weighted by Crippen LogP contribution is 2.40. The van der Waals surface area contributed by atoms with Crippen molar-refractivity contribution in [3.05, 3.63) is 46.6 Å². The minimum absolute atomic E-state index is 0.00181. The average molecular weight is 763 g/mol. The van der Waals surface area contributed by atoms with Gasteiger partial charge in [-0.3, -0.25) is 9.69 Å². The zero-order chi connectivity index (χ0) is 37.3. The van der Waals surface area contributed by atoms with Gasteiger partial charge in [0.05, 0.1) is 59.3 Å². The van der Waals surface area contributed by atoms with Crippen LogP contribution in [0, 0.1) is 17.7 Å². The molecule has 4 rings (SSSR count). The number of hydrogen-bond donors (Lipinski definition) is 4. The van der Waals surface area contributed by atoms with Crippen LogP contribution in [0.25, 0.3) is 10.1 Å². The quantitative estimate of drug-likeness (QED) is 0.101. The molecule has 0 saturated carbocycles. The third-order valence-corrected chi connectivity index (χ3v) is 10.4. The summed E-state index contributed by atoms with van der Waals surface area (Å²) in [5.74, 6) is 3.31. The van der Waals surface area contributed by atoms with Gasteiger partial charge in [-0.1, -0.05) is 24.0 Å². The molecule has 4 N–H and O–H groups in total. The number of carbonyl (C=O) groups excluding carboxylic acids is 1. The molecule has 0 spiro atoms. The van der Waals surface area contributed by atoms with Gasteiger partial charge in [-0.2, -0.15) is 13.2 Å². The maximum Gasteiger partial charge on any atom is 0.393 e. The van der Waals surface area contributed by atoms with Crippen molar-refractivity contribution in [2.24, 2.45) is 0 Å². The largest absolute Gasteiger partial charge is 0.489 e. The Morgan fingerprint density at radius 3 is 2.61 bits per heavy atom. The molecule has 1 amide bonds. The van der Waals surface area contributed by atoms with Crippen LogP contribution in [0.3, 0.4) is 0 Å². The number of nitrogens with one attached hydrogen (secondary N) is 3. The second-order valence-corrected chi connectivity index (χ2v) is 14.4. The number of fused-ring (bicyclic) bond motifs is 1. The predicted octanol–water partition coefficient (Wildman–Crippen LogP) is 4.29. The molecular weight excluding hydrogens is 724 g/mol. The van der Waals surface area contributed by atoms with E-state index in [0.29, 0.717) is 28.7 Å². The SMILES string of the molecule is COCCOc1cc(S(=O)(=O)NC(C)=O)c(F)cc1NCC#Cc1sc2c(NC3CCN(CC(O)COC)CC3F)cccc2c1CC(F)(F)F. The van der Waals surface area contributed by atoms with Gasteiger partial charge in [0, 0.05) is 52.9 Å². The first-order valence-electron chi connectivity index (χ1n) is 15.7. The van der Waals surface area contributed by atoms with E-state index in [2.05, 4.69) is 22.5 Å². The van der Waals surface area contributed by atoms with Crippen LogP contribution in [0.2, 0.25) is 0 Å². The first kappa shape index (κ1) is 40.0. The zero-order valence-corrected chi connectivity index (χ0v) is 29.7. The number of rotatable bonds is 15. The average Bonchev–Trinajstić information content (AvgIpc) is 3.37. The van der Waals surface area contributed by atoms with Gasteiger partial charge in [-0.15, -0.1) is 11.3 Å². The summed E-state index contributed by atoms with van der Waals surface area (Å²) in [6, 6.07) is 5.94. The minimum Gasteiger partial charge on any atom is -0.489 e. The van der Waals surface area contributed by atoms with Gasteiger partial charge >= 0.3 is 6.18 Å². The summed E-state index contributed by atoms with van der Waals surface area (Å²) in [5, 5.41) is 16.3. The number of likely N-dealkylation sites (tertiary alicyclic amines) is 1. The maximum atomic E-state index is 15.3. The Hall–Kier alpha value is -3.73. The highest BCUT2D eigenvalue weighted by Gasteiger charge is 2.33. The number of piperidine rings is 1. The van der Waals surface area contributed by atoms with Crippen LogP contribution in [0.1, 0.15) is 23.8 Å². The molecule has 1 aliphatic rings. The van der Waals surface area contributed by atoms with E-state index in [1.54, 1.807) is 27.8 Å². The number of hydrogen-bond acceptors (Lipinski definition) is 11. The lowest BCUT2D eigenvalue weighted by Gasteiger charge is -2.36. The number of halogens is 5. The number of ether oxygens (including phenoxy) is 3. The Morgan fingerprint density at radius 2 is 1.94 bits per heavy atom. The van der Waals surface area contributed by atoms with Crippen molar-refractivity contribution in [1.29, 1.82) is 0 Å². The van der Waals surface area contributed by atoms with E-state index in [1.165, 1.54) is 14.2 Å². The summed E-state index contributed by atoms with van der Waals surface area (Å²) >= 11 is 1.03. The molecule has 1 aromatic heterocycles. The summed E-state index contributed by atoms with van der Waals surface area (Å²) < 4.78 is 114. The van der Waals surface area contributed by atoms with Gasteiger partial charge < -0.3 is 30.0 Å². The fraction of sp³-hybridized carbons (Fsp3) is 0.485. The zero-order valence-electron chi connectivity index (χ0n) is 28.0. The molecule has 11 nitrogen and oxygen atoms in total. The second-order valence-electron chi connectivity index (χ2n) is 11.7. The van der Waals surface area contributed by atoms with Crippen molar-refractivity contribution in [2.75, 3.05) is 70.9 Å². The molecule has 2 heterocycles. The number of benzene rings is 2. The van der Waals surface area contributed by atoms with Crippen LogP contribution in [-0.4, -0.2) is 109 Å². The second kappa shape index (κ2) is 17.7. The van der Waals surface area contributed by atoms with Crippen LogP contribution in [0.4, 0.5) is 33.3 Å². The summed E-state index contributed by atoms with van der Waals surface area (Å²) in [6.07, 6.45) is -7.48. The fourth-order valence-corrected chi connectivity index (χ4v) is 7.78. The Morgan fingerprint density at radius 1 is 1.18 bits per heavy atom. The van der Waals surface area contributed by atoms with Gasteiger partial charge in [0.2, 0.25) is 5.91 Å². The van der Waals surface area contributed by atoms with Crippen molar-refractivity contribution >= 4 is 48.7 Å². The van der Waals surface area contributed by atoms with Crippen LogP contribution in [0.5, 0.6) is 5.75 Å². The van der Waals surface area contributed by atoms with Crippen molar-refractivity contribution in [1.82, 2.24) is 9.62 Å². The molecule has 18 heteroatoms. The Kier molecular flexibility index (Phi) is 13.9. The van der Waals surface area contributed by atoms with Gasteiger partial charge in [-0.05, 0) is 23.4 Å². The summed E-state index contributed by atoms with van der Waals surface area (Å²) in [6.45, 7) is 1.77. The monoisotopic (exact) mass is 762 g/mol. The molecule has 0 aliphatic carbocycles. The fourth-order valence-electron chi connectivity index (χ4n) is 5.54. The molecule has 2 aromatic carbocycles. The molecule has 51 heavy (non-hydrogen) atoms. The van der Waals surface area contributed by atoms with E-state index in [0.717, 1.165) is 30.4 Å². The first-order valence-corrected chi connectivity index (χ1v) is 18.0. The summed E-state index contributed by atoms with van der Waals surface area (Å²) in [7, 11) is -1.68. The van der Waals surface area contributed by atoms with Crippen molar-refractivity contribution in [2.45, 2.75) is 49.2 Å². The maximum absolute atomic E-state index is 15.3. The van der Waals surface area contributed by atoms with E-state index < -0.39 is 57.6 Å². The van der Waals surface area contributed by atoms with Gasteiger partial charge in [0.1, 0.15) is 29.2 Å². The number of amides is 1. The molecule has 0 bridgehead atoms. The van der Waals surface area contributed by atoms with E-state index in [1.807, 2.05) is 0 Å². The van der Waals surface area contributed by atoms with E-state index in [-0.39, 0.29) is 61.3 Å². The Bertz CT molecular complexity index is 1850. The molecule has 1 aliphatic heterocycles. The number of nitrogens with zero attached hydrogens (tertiary/aromatic N) is 1. The van der Waals surface area contributed by atoms with E-state index in [9.17, 15) is 35.9 Å². The normalized spacial score (nSPS) is 17.4. The number of aliphatic hydroxyl groups is 1. The van der Waals surface area contributed by atoms with E-state index >= 15 is 4.39 Å². The molecular formula is C33H39F5N4O7S2. The van der Waals surface area contributed by atoms with Gasteiger partial charge in [0.15, 0.2) is 0 Å². The third-order valence-electron chi connectivity index (χ3n) is 7.71. The molecule has 3 aromatic rings. The van der Waals surface area contributed by atoms with Crippen LogP contribution in [-0.2, 0) is 30.7 Å². The lowest BCUT2D eigenvalue weighted by molar-refractivity contribution is -0.127. The lowest BCUT2D eigenvalue weighted by Crippen LogP contribution is -2.50. The van der Waals surface area contributed by atoms with Crippen molar-refractivity contribution < 1.29 is 54.5 Å². The number of carbonyl (C=O) groups is 1. The lowest BCUT2D eigenvalue weighted by atomic mass is 10.0. The number of β-amino-alcohol motifs (C(OH)–C–C–N with tert-alkyl or cyclic N) is 1. The van der Waals surface area contributed by atoms with Crippen molar-refractivity contribution in [3.8, 4) is 17.6 Å². The number of anilines is 2. The van der Waals surface area contributed by atoms with Crippen molar-refractivity contribution in [3.63, 3.8) is 0 Å². The van der Waals surface area contributed by atoms with E-state index in [4.69, 9.17) is 14.2 Å². The summed E-state index contributed by atoms with van der Waals surface area (Å²) in [5.41, 5.74) is 0.424. The minimum atomic E-state index is -4.55. The molecule has 3 unspecified atom stereocenters. The van der Waals surface area contributed by atoms with Crippen LogP contribution >= 0.6 is 11.3 Å². The third kappa shape index (κ3) is 11.1.